The van der Waals surface area contributed by atoms with E-state index < -0.39 is 0 Å². The lowest BCUT2D eigenvalue weighted by Gasteiger charge is -2.16. The number of halogens is 1. The monoisotopic (exact) mass is 349 g/mol. The van der Waals surface area contributed by atoms with Gasteiger partial charge in [0.05, 0.1) is 12.2 Å². The standard InChI is InChI=1S/C10H12O.C9H11NO2.ClH/c1-10(2,3)8-6-7-4-5-9(8)11-7;1-2-6-12-9(11)8-4-3-5-10-7-8;/h4-6H,1-3H3;3-5,7H,2,6H2,1H3;1H. The molecule has 0 aliphatic heterocycles. The Morgan fingerprint density at radius 3 is 2.42 bits per heavy atom. The van der Waals surface area contributed by atoms with Crippen molar-refractivity contribution in [3.63, 3.8) is 0 Å². The lowest BCUT2D eigenvalue weighted by Crippen LogP contribution is -2.09. The molecule has 4 nitrogen and oxygen atoms in total. The van der Waals surface area contributed by atoms with Gasteiger partial charge in [-0.1, -0.05) is 27.7 Å². The summed E-state index contributed by atoms with van der Waals surface area (Å²) >= 11 is 0. The predicted octanol–water partition coefficient (Wildman–Crippen LogP) is 5.24. The van der Waals surface area contributed by atoms with Gasteiger partial charge in [0.25, 0.3) is 0 Å². The minimum Gasteiger partial charge on any atom is -0.462 e. The van der Waals surface area contributed by atoms with Crippen LogP contribution in [0.5, 0.6) is 0 Å². The maximum atomic E-state index is 11.1. The molecule has 3 rings (SSSR count). The third kappa shape index (κ3) is 5.24. The molecule has 0 N–H and O–H groups in total. The average Bonchev–Trinajstić information content (AvgIpc) is 3.17. The highest BCUT2D eigenvalue weighted by atomic mass is 35.5. The van der Waals surface area contributed by atoms with Crippen LogP contribution in [0.15, 0.2) is 47.1 Å². The van der Waals surface area contributed by atoms with Crippen molar-refractivity contribution in [3.8, 4) is 0 Å². The molecular weight excluding hydrogens is 326 g/mol. The van der Waals surface area contributed by atoms with Crippen molar-refractivity contribution in [2.24, 2.45) is 0 Å². The molecule has 3 heterocycles. The molecule has 0 saturated heterocycles. The minimum atomic E-state index is -0.301. The van der Waals surface area contributed by atoms with E-state index >= 15 is 0 Å². The molecule has 0 aliphatic carbocycles. The number of carbonyl (C=O) groups is 1. The molecule has 0 amide bonds. The van der Waals surface area contributed by atoms with Crippen molar-refractivity contribution < 1.29 is 13.9 Å². The number of hydrogen-bond donors (Lipinski definition) is 0. The van der Waals surface area contributed by atoms with E-state index in [0.717, 1.165) is 17.6 Å². The first-order valence-electron chi connectivity index (χ1n) is 7.81. The van der Waals surface area contributed by atoms with E-state index in [4.69, 9.17) is 9.15 Å². The van der Waals surface area contributed by atoms with Gasteiger partial charge in [0.15, 0.2) is 0 Å². The molecule has 2 bridgehead atoms. The topological polar surface area (TPSA) is 52.3 Å². The molecule has 0 fully saturated rings. The lowest BCUT2D eigenvalue weighted by molar-refractivity contribution is 0.0504. The number of benzene rings is 1. The minimum absolute atomic E-state index is 0. The largest absolute Gasteiger partial charge is 0.462 e. The number of furan rings is 2. The number of hydrogen-bond acceptors (Lipinski definition) is 4. The molecule has 0 unspecified atom stereocenters. The maximum Gasteiger partial charge on any atom is 0.339 e. The summed E-state index contributed by atoms with van der Waals surface area (Å²) in [4.78, 5) is 15.0. The molecule has 130 valence electrons. The molecule has 0 radical (unpaired) electrons. The molecule has 0 aromatic carbocycles. The van der Waals surface area contributed by atoms with Gasteiger partial charge in [0.2, 0.25) is 0 Å². The molecular formula is C19H24ClNO3. The first kappa shape index (κ1) is 20.0. The van der Waals surface area contributed by atoms with E-state index in [1.807, 2.05) is 19.1 Å². The number of esters is 1. The summed E-state index contributed by atoms with van der Waals surface area (Å²) in [5, 5.41) is 0. The molecule has 24 heavy (non-hydrogen) atoms. The Kier molecular flexibility index (Phi) is 7.23. The molecule has 3 aromatic rings. The number of nitrogens with zero attached hydrogens (tertiary/aromatic N) is 1. The van der Waals surface area contributed by atoms with Crippen molar-refractivity contribution in [2.75, 3.05) is 6.61 Å². The Labute approximate surface area is 149 Å². The van der Waals surface area contributed by atoms with Gasteiger partial charge < -0.3 is 9.15 Å². The Balaban J connectivity index is 0.000000231. The third-order valence-corrected chi connectivity index (χ3v) is 3.32. The van der Waals surface area contributed by atoms with Gasteiger partial charge in [0, 0.05) is 18.0 Å². The van der Waals surface area contributed by atoms with E-state index in [-0.39, 0.29) is 23.8 Å². The summed E-state index contributed by atoms with van der Waals surface area (Å²) in [5.74, 6) is -0.301. The summed E-state index contributed by atoms with van der Waals surface area (Å²) in [7, 11) is 0. The highest BCUT2D eigenvalue weighted by Crippen LogP contribution is 2.32. The van der Waals surface area contributed by atoms with Crippen LogP contribution >= 0.6 is 12.4 Å². The Hall–Kier alpha value is -2.07. The predicted molar refractivity (Wildman–Crippen MR) is 98.2 cm³/mol. The number of carbonyl (C=O) groups excluding carboxylic acids is 1. The molecule has 5 heteroatoms. The van der Waals surface area contributed by atoms with Crippen LogP contribution in [0.1, 0.15) is 50.0 Å². The summed E-state index contributed by atoms with van der Waals surface area (Å²) in [6.07, 6.45) is 3.96. The van der Waals surface area contributed by atoms with Crippen LogP contribution in [0.4, 0.5) is 0 Å². The van der Waals surface area contributed by atoms with Crippen molar-refractivity contribution in [2.45, 2.75) is 39.5 Å². The van der Waals surface area contributed by atoms with E-state index in [1.54, 1.807) is 18.3 Å². The van der Waals surface area contributed by atoms with Gasteiger partial charge in [-0.05, 0) is 42.2 Å². The Morgan fingerprint density at radius 1 is 1.25 bits per heavy atom. The van der Waals surface area contributed by atoms with E-state index in [1.165, 1.54) is 11.8 Å². The van der Waals surface area contributed by atoms with E-state index in [9.17, 15) is 4.79 Å². The quantitative estimate of drug-likeness (QED) is 0.607. The summed E-state index contributed by atoms with van der Waals surface area (Å²) in [6.45, 7) is 9.02. The SMILES string of the molecule is CC(C)(C)c1cc2ccc1o2.CCCOC(=O)c1cccnc1.Cl. The fraction of sp³-hybridized carbons (Fsp3) is 0.368. The third-order valence-electron chi connectivity index (χ3n) is 3.32. The van der Waals surface area contributed by atoms with E-state index in [0.29, 0.717) is 12.2 Å². The fourth-order valence-corrected chi connectivity index (χ4v) is 2.14. The number of aromatic nitrogens is 1. The van der Waals surface area contributed by atoms with Crippen LogP contribution in [0.3, 0.4) is 0 Å². The molecule has 0 aliphatic rings. The summed E-state index contributed by atoms with van der Waals surface area (Å²) < 4.78 is 10.3. The number of pyridine rings is 1. The van der Waals surface area contributed by atoms with Crippen LogP contribution in [0.25, 0.3) is 11.2 Å². The molecule has 3 aromatic heterocycles. The second-order valence-corrected chi connectivity index (χ2v) is 6.39. The second kappa shape index (κ2) is 8.69. The average molecular weight is 350 g/mol. The molecule has 0 spiro atoms. The lowest BCUT2D eigenvalue weighted by atomic mass is 9.87. The maximum absolute atomic E-state index is 11.1. The van der Waals surface area contributed by atoms with Crippen molar-refractivity contribution >= 4 is 29.5 Å². The number of fused-ring (bicyclic) bond motifs is 2. The van der Waals surface area contributed by atoms with Crippen molar-refractivity contribution in [1.82, 2.24) is 4.98 Å². The van der Waals surface area contributed by atoms with Gasteiger partial charge in [-0.25, -0.2) is 4.79 Å². The highest BCUT2D eigenvalue weighted by Gasteiger charge is 2.19. The van der Waals surface area contributed by atoms with Crippen molar-refractivity contribution in [3.05, 3.63) is 53.9 Å². The van der Waals surface area contributed by atoms with E-state index in [2.05, 4.69) is 31.8 Å². The zero-order valence-corrected chi connectivity index (χ0v) is 15.4. The smallest absolute Gasteiger partial charge is 0.339 e. The fourth-order valence-electron chi connectivity index (χ4n) is 2.14. The number of rotatable bonds is 3. The van der Waals surface area contributed by atoms with Gasteiger partial charge >= 0.3 is 5.97 Å². The number of ether oxygens (including phenoxy) is 1. The first-order valence-corrected chi connectivity index (χ1v) is 7.81. The molecule has 0 saturated carbocycles. The second-order valence-electron chi connectivity index (χ2n) is 6.39. The van der Waals surface area contributed by atoms with Crippen LogP contribution < -0.4 is 0 Å². The van der Waals surface area contributed by atoms with Gasteiger partial charge in [0.1, 0.15) is 11.2 Å². The van der Waals surface area contributed by atoms with Crippen LogP contribution in [-0.4, -0.2) is 17.6 Å². The van der Waals surface area contributed by atoms with Crippen molar-refractivity contribution in [1.29, 1.82) is 0 Å². The zero-order valence-electron chi connectivity index (χ0n) is 14.5. The molecule has 0 atom stereocenters. The Bertz CT molecular complexity index is 731. The highest BCUT2D eigenvalue weighted by molar-refractivity contribution is 5.88. The normalized spacial score (nSPS) is 10.7. The zero-order chi connectivity index (χ0) is 16.9. The summed E-state index contributed by atoms with van der Waals surface area (Å²) in [6, 6.07) is 9.56. The van der Waals surface area contributed by atoms with Crippen LogP contribution in [-0.2, 0) is 10.2 Å². The Morgan fingerprint density at radius 2 is 2.00 bits per heavy atom. The van der Waals surface area contributed by atoms with Gasteiger partial charge in [-0.15, -0.1) is 12.4 Å². The van der Waals surface area contributed by atoms with Gasteiger partial charge in [-0.3, -0.25) is 4.98 Å². The van der Waals surface area contributed by atoms with Crippen LogP contribution in [0.2, 0.25) is 0 Å². The van der Waals surface area contributed by atoms with Gasteiger partial charge in [-0.2, -0.15) is 0 Å². The summed E-state index contributed by atoms with van der Waals surface area (Å²) in [5.41, 5.74) is 4.06. The first-order chi connectivity index (χ1) is 10.9. The van der Waals surface area contributed by atoms with Crippen LogP contribution in [0, 0.1) is 0 Å².